The van der Waals surface area contributed by atoms with Gasteiger partial charge in [0.2, 0.25) is 0 Å². The molecule has 0 aliphatic rings. The summed E-state index contributed by atoms with van der Waals surface area (Å²) in [4.78, 5) is 25.2. The summed E-state index contributed by atoms with van der Waals surface area (Å²) >= 11 is 0. The molecule has 4 N–H and O–H groups in total. The van der Waals surface area contributed by atoms with Gasteiger partial charge in [0.25, 0.3) is 0 Å². The second-order valence-electron chi connectivity index (χ2n) is 4.62. The van der Waals surface area contributed by atoms with Crippen LogP contribution in [0.15, 0.2) is 44.2 Å². The maximum Gasteiger partial charge on any atom is 0.199 e. The van der Waals surface area contributed by atoms with Crippen LogP contribution in [-0.4, -0.2) is 10.4 Å². The quantitative estimate of drug-likeness (QED) is 0.228. The van der Waals surface area contributed by atoms with Crippen molar-refractivity contribution in [2.75, 3.05) is 0 Å². The van der Waals surface area contributed by atoms with Crippen LogP contribution in [0.1, 0.15) is 0 Å². The second kappa shape index (κ2) is 4.55. The van der Waals surface area contributed by atoms with Crippen LogP contribution in [-0.2, 0) is 0 Å². The molecule has 8 nitrogen and oxygen atoms in total. The number of hydrogen-bond acceptors (Lipinski definition) is 8. The number of fused-ring (bicyclic) bond motifs is 2. The predicted octanol–water partition coefficient (Wildman–Crippen LogP) is -1.43. The molecule has 0 aliphatic carbocycles. The Labute approximate surface area is 120 Å². The molecule has 108 valence electrons. The first kappa shape index (κ1) is 13.6. The van der Waals surface area contributed by atoms with Crippen LogP contribution < -0.4 is 32.3 Å². The van der Waals surface area contributed by atoms with E-state index in [0.29, 0.717) is 0 Å². The lowest BCUT2D eigenvalue weighted by atomic mass is 10.0. The fourth-order valence-corrected chi connectivity index (χ4v) is 2.53. The Morgan fingerprint density at radius 1 is 0.682 bits per heavy atom. The third-order valence-electron chi connectivity index (χ3n) is 3.49. The molecular formula is C14H8N4O4. The Kier molecular flexibility index (Phi) is 2.81. The summed E-state index contributed by atoms with van der Waals surface area (Å²) in [5.74, 6) is 0. The summed E-state index contributed by atoms with van der Waals surface area (Å²) in [7, 11) is 0. The maximum absolute atomic E-state index is 12.6. The zero-order valence-corrected chi connectivity index (χ0v) is 10.9. The highest BCUT2D eigenvalue weighted by Gasteiger charge is 2.16. The second-order valence-corrected chi connectivity index (χ2v) is 4.62. The zero-order valence-electron chi connectivity index (χ0n) is 10.9. The number of nitrogens with one attached hydrogen (secondary N) is 2. The Balaban J connectivity index is 3.01. The monoisotopic (exact) mass is 296 g/mol. The van der Waals surface area contributed by atoms with Crippen molar-refractivity contribution in [1.82, 2.24) is 0 Å². The zero-order chi connectivity index (χ0) is 16.0. The van der Waals surface area contributed by atoms with Crippen molar-refractivity contribution in [3.63, 3.8) is 0 Å². The van der Waals surface area contributed by atoms with E-state index in [1.54, 1.807) is 0 Å². The highest BCUT2D eigenvalue weighted by atomic mass is 16.4. The van der Waals surface area contributed by atoms with Crippen molar-refractivity contribution in [1.29, 1.82) is 10.8 Å². The molecule has 0 aliphatic heterocycles. The molecule has 8 heteroatoms. The highest BCUT2D eigenvalue weighted by Crippen LogP contribution is 2.01. The average molecular weight is 296 g/mol. The molecule has 3 aromatic carbocycles. The molecule has 22 heavy (non-hydrogen) atoms. The number of nitrogens with zero attached hydrogens (tertiary/aromatic N) is 2. The first-order valence-corrected chi connectivity index (χ1v) is 6.08. The van der Waals surface area contributed by atoms with Gasteiger partial charge in [-0.2, -0.15) is 0 Å². The van der Waals surface area contributed by atoms with Crippen molar-refractivity contribution in [2.24, 2.45) is 10.3 Å². The molecule has 0 amide bonds. The minimum absolute atomic E-state index is 0.152. The predicted molar refractivity (Wildman–Crippen MR) is 74.0 cm³/mol. The summed E-state index contributed by atoms with van der Waals surface area (Å²) in [6, 6.07) is 4.93. The van der Waals surface area contributed by atoms with E-state index in [-0.39, 0.29) is 43.0 Å². The van der Waals surface area contributed by atoms with Gasteiger partial charge < -0.3 is 21.2 Å². The topological polar surface area (TPSA) is 147 Å². The van der Waals surface area contributed by atoms with Crippen molar-refractivity contribution in [3.8, 4) is 0 Å². The van der Waals surface area contributed by atoms with Crippen LogP contribution in [0, 0.1) is 10.8 Å². The van der Waals surface area contributed by atoms with Gasteiger partial charge in [-0.25, -0.2) is 0 Å². The first-order chi connectivity index (χ1) is 10.5. The van der Waals surface area contributed by atoms with Gasteiger partial charge in [0.15, 0.2) is 10.9 Å². The molecule has 0 spiro atoms. The van der Waals surface area contributed by atoms with Gasteiger partial charge in [0.05, 0.1) is 32.3 Å². The van der Waals surface area contributed by atoms with Crippen molar-refractivity contribution >= 4 is 21.5 Å². The van der Waals surface area contributed by atoms with Gasteiger partial charge in [0, 0.05) is 0 Å². The number of hydrogen-bond donors (Lipinski definition) is 4. The molecule has 0 saturated heterocycles. The lowest BCUT2D eigenvalue weighted by molar-refractivity contribution is 0.302. The van der Waals surface area contributed by atoms with E-state index in [1.807, 2.05) is 0 Å². The summed E-state index contributed by atoms with van der Waals surface area (Å²) in [6.45, 7) is 0. The average Bonchev–Trinajstić information content (AvgIpc) is 2.52. The molecule has 3 aromatic rings. The van der Waals surface area contributed by atoms with Gasteiger partial charge in [-0.1, -0.05) is 10.3 Å². The SMILES string of the molecule is N=c1ccc(=NO)c2c(=O)c3c(=N)ccc(=NO)c3c(=O)c12. The van der Waals surface area contributed by atoms with Crippen LogP contribution in [0.3, 0.4) is 0 Å². The summed E-state index contributed by atoms with van der Waals surface area (Å²) in [5.41, 5.74) is -1.44. The molecule has 0 bridgehead atoms. The normalized spacial score (nSPS) is 13.3. The molecule has 0 aromatic heterocycles. The van der Waals surface area contributed by atoms with Gasteiger partial charge in [0.1, 0.15) is 10.7 Å². The molecule has 0 atom stereocenters. The smallest absolute Gasteiger partial charge is 0.199 e. The molecule has 0 fully saturated rings. The summed E-state index contributed by atoms with van der Waals surface area (Å²) in [6.07, 6.45) is 0. The van der Waals surface area contributed by atoms with Crippen LogP contribution in [0.2, 0.25) is 0 Å². The Morgan fingerprint density at radius 2 is 1.05 bits per heavy atom. The van der Waals surface area contributed by atoms with E-state index in [9.17, 15) is 9.59 Å². The van der Waals surface area contributed by atoms with Gasteiger partial charge in [-0.3, -0.25) is 9.59 Å². The number of benzene rings is 3. The highest BCUT2D eigenvalue weighted by molar-refractivity contribution is 5.96. The van der Waals surface area contributed by atoms with Crippen LogP contribution in [0.25, 0.3) is 21.5 Å². The van der Waals surface area contributed by atoms with E-state index in [1.165, 1.54) is 24.3 Å². The van der Waals surface area contributed by atoms with Crippen molar-refractivity contribution in [3.05, 3.63) is 66.1 Å². The van der Waals surface area contributed by atoms with Crippen molar-refractivity contribution < 1.29 is 10.4 Å². The molecule has 0 saturated carbocycles. The Bertz CT molecular complexity index is 1170. The van der Waals surface area contributed by atoms with E-state index in [0.717, 1.165) is 0 Å². The van der Waals surface area contributed by atoms with E-state index in [4.69, 9.17) is 21.2 Å². The Hall–Kier alpha value is -3.42. The molecule has 0 unspecified atom stereocenters. The first-order valence-electron chi connectivity index (χ1n) is 6.08. The van der Waals surface area contributed by atoms with Gasteiger partial charge in [-0.05, 0) is 24.3 Å². The van der Waals surface area contributed by atoms with Gasteiger partial charge >= 0.3 is 0 Å². The molecule has 0 radical (unpaired) electrons. The molecule has 3 rings (SSSR count). The van der Waals surface area contributed by atoms with E-state index < -0.39 is 10.9 Å². The maximum atomic E-state index is 12.6. The fraction of sp³-hybridized carbons (Fsp3) is 0. The van der Waals surface area contributed by atoms with E-state index >= 15 is 0 Å². The third kappa shape index (κ3) is 1.57. The Morgan fingerprint density at radius 3 is 1.36 bits per heavy atom. The third-order valence-corrected chi connectivity index (χ3v) is 3.49. The molecular weight excluding hydrogens is 288 g/mol. The van der Waals surface area contributed by atoms with Crippen molar-refractivity contribution in [2.45, 2.75) is 0 Å². The van der Waals surface area contributed by atoms with E-state index in [2.05, 4.69) is 10.3 Å². The minimum atomic E-state index is -0.720. The summed E-state index contributed by atoms with van der Waals surface area (Å²) < 4.78 is 0. The van der Waals surface area contributed by atoms with Crippen LogP contribution in [0.5, 0.6) is 0 Å². The summed E-state index contributed by atoms with van der Waals surface area (Å²) in [5, 5.41) is 37.9. The minimum Gasteiger partial charge on any atom is -0.410 e. The lowest BCUT2D eigenvalue weighted by Gasteiger charge is -2.01. The molecule has 0 heterocycles. The van der Waals surface area contributed by atoms with Crippen LogP contribution in [0.4, 0.5) is 0 Å². The largest absolute Gasteiger partial charge is 0.410 e. The number of rotatable bonds is 0. The standard InChI is InChI=1S/C14H8N4O4/c15-5-1-3-7(17-21)11-9(5)13(19)12-8(18-22)4-2-6(16)10(12)14(11)20/h1-4,15-16,21-22H. The fourth-order valence-electron chi connectivity index (χ4n) is 2.53. The van der Waals surface area contributed by atoms with Crippen LogP contribution >= 0.6 is 0 Å². The lowest BCUT2D eigenvalue weighted by Crippen LogP contribution is -2.32. The van der Waals surface area contributed by atoms with Gasteiger partial charge in [-0.15, -0.1) is 0 Å².